The largest absolute Gasteiger partial charge is 0.444 e. The second-order valence-electron chi connectivity index (χ2n) is 6.88. The van der Waals surface area contributed by atoms with Gasteiger partial charge in [-0.15, -0.1) is 0 Å². The van der Waals surface area contributed by atoms with Crippen molar-refractivity contribution in [2.24, 2.45) is 0 Å². The third-order valence-corrected chi connectivity index (χ3v) is 3.52. The van der Waals surface area contributed by atoms with Crippen LogP contribution in [0.4, 0.5) is 4.79 Å². The standard InChI is InChI=1S/C20H24BNO2/c1-20(2,3)24-19(23)22(15-17-7-5-4-6-8-17)14-13-16-9-11-18(21)12-10-16/h4-12H,13-15H2,1-3H3. The molecule has 124 valence electrons. The molecule has 2 radical (unpaired) electrons. The molecule has 2 rings (SSSR count). The first-order valence-corrected chi connectivity index (χ1v) is 8.20. The van der Waals surface area contributed by atoms with E-state index in [-0.39, 0.29) is 6.09 Å². The van der Waals surface area contributed by atoms with Crippen molar-refractivity contribution < 1.29 is 9.53 Å². The van der Waals surface area contributed by atoms with Crippen LogP contribution in [0, 0.1) is 0 Å². The van der Waals surface area contributed by atoms with Gasteiger partial charge >= 0.3 is 6.09 Å². The molecule has 0 aliphatic heterocycles. The van der Waals surface area contributed by atoms with Crippen molar-refractivity contribution in [3.63, 3.8) is 0 Å². The van der Waals surface area contributed by atoms with Crippen LogP contribution < -0.4 is 5.46 Å². The molecule has 4 heteroatoms. The van der Waals surface area contributed by atoms with Crippen LogP contribution in [0.5, 0.6) is 0 Å². The Morgan fingerprint density at radius 2 is 1.62 bits per heavy atom. The maximum absolute atomic E-state index is 12.5. The zero-order valence-electron chi connectivity index (χ0n) is 14.7. The molecule has 2 aromatic rings. The molecule has 0 saturated carbocycles. The van der Waals surface area contributed by atoms with Crippen molar-refractivity contribution in [3.05, 3.63) is 65.7 Å². The zero-order valence-corrected chi connectivity index (χ0v) is 14.7. The van der Waals surface area contributed by atoms with Gasteiger partial charge in [-0.05, 0) is 38.3 Å². The molecule has 3 nitrogen and oxygen atoms in total. The van der Waals surface area contributed by atoms with Gasteiger partial charge in [0.15, 0.2) is 0 Å². The summed E-state index contributed by atoms with van der Waals surface area (Å²) in [5.41, 5.74) is 2.46. The first kappa shape index (κ1) is 18.1. The molecule has 0 spiro atoms. The highest BCUT2D eigenvalue weighted by Crippen LogP contribution is 2.13. The molecule has 0 aliphatic rings. The Balaban J connectivity index is 2.06. The average molecular weight is 321 g/mol. The lowest BCUT2D eigenvalue weighted by Crippen LogP contribution is -2.37. The molecule has 0 atom stereocenters. The molecule has 0 aliphatic carbocycles. The van der Waals surface area contributed by atoms with Gasteiger partial charge in [-0.2, -0.15) is 0 Å². The summed E-state index contributed by atoms with van der Waals surface area (Å²) in [7, 11) is 5.72. The number of carbonyl (C=O) groups is 1. The normalized spacial score (nSPS) is 11.1. The Morgan fingerprint density at radius 3 is 2.21 bits per heavy atom. The minimum Gasteiger partial charge on any atom is -0.444 e. The van der Waals surface area contributed by atoms with Gasteiger partial charge in [0, 0.05) is 13.1 Å². The number of hydrogen-bond donors (Lipinski definition) is 0. The van der Waals surface area contributed by atoms with E-state index in [1.165, 1.54) is 0 Å². The molecule has 0 N–H and O–H groups in total. The van der Waals surface area contributed by atoms with Crippen molar-refractivity contribution in [1.82, 2.24) is 4.90 Å². The van der Waals surface area contributed by atoms with E-state index in [1.807, 2.05) is 75.4 Å². The van der Waals surface area contributed by atoms with Gasteiger partial charge in [0.25, 0.3) is 0 Å². The second-order valence-corrected chi connectivity index (χ2v) is 6.88. The van der Waals surface area contributed by atoms with E-state index in [4.69, 9.17) is 12.6 Å². The second kappa shape index (κ2) is 8.05. The van der Waals surface area contributed by atoms with Gasteiger partial charge in [-0.25, -0.2) is 4.79 Å². The first-order valence-electron chi connectivity index (χ1n) is 8.20. The molecule has 0 bridgehead atoms. The Bertz CT molecular complexity index is 648. The molecular weight excluding hydrogens is 297 g/mol. The van der Waals surface area contributed by atoms with Crippen LogP contribution in [0.2, 0.25) is 0 Å². The number of ether oxygens (including phenoxy) is 1. The minimum atomic E-state index is -0.507. The van der Waals surface area contributed by atoms with Crippen molar-refractivity contribution in [2.45, 2.75) is 39.3 Å². The maximum atomic E-state index is 12.5. The van der Waals surface area contributed by atoms with Crippen molar-refractivity contribution >= 4 is 19.4 Å². The molecule has 2 aromatic carbocycles. The zero-order chi connectivity index (χ0) is 17.6. The Morgan fingerprint density at radius 1 is 1.00 bits per heavy atom. The molecule has 0 unspecified atom stereocenters. The van der Waals surface area contributed by atoms with Crippen molar-refractivity contribution in [1.29, 1.82) is 0 Å². The van der Waals surface area contributed by atoms with E-state index < -0.39 is 5.60 Å². The lowest BCUT2D eigenvalue weighted by atomic mass is 9.95. The number of amides is 1. The predicted octanol–water partition coefficient (Wildman–Crippen LogP) is 3.46. The monoisotopic (exact) mass is 321 g/mol. The van der Waals surface area contributed by atoms with E-state index in [1.54, 1.807) is 4.90 Å². The summed E-state index contributed by atoms with van der Waals surface area (Å²) >= 11 is 0. The number of nitrogens with zero attached hydrogens (tertiary/aromatic N) is 1. The lowest BCUT2D eigenvalue weighted by molar-refractivity contribution is 0.0236. The third kappa shape index (κ3) is 6.11. The van der Waals surface area contributed by atoms with Crippen molar-refractivity contribution in [3.8, 4) is 0 Å². The van der Waals surface area contributed by atoms with Crippen LogP contribution in [0.15, 0.2) is 54.6 Å². The van der Waals surface area contributed by atoms with Gasteiger partial charge in [0.2, 0.25) is 0 Å². The highest BCUT2D eigenvalue weighted by atomic mass is 16.6. The minimum absolute atomic E-state index is 0.290. The van der Waals surface area contributed by atoms with E-state index in [0.29, 0.717) is 13.1 Å². The fourth-order valence-electron chi connectivity index (χ4n) is 2.31. The molecule has 0 fully saturated rings. The number of carbonyl (C=O) groups excluding carboxylic acids is 1. The van der Waals surface area contributed by atoms with Crippen LogP contribution in [0.3, 0.4) is 0 Å². The van der Waals surface area contributed by atoms with Crippen molar-refractivity contribution in [2.75, 3.05) is 6.54 Å². The summed E-state index contributed by atoms with van der Waals surface area (Å²) < 4.78 is 5.55. The Kier molecular flexibility index (Phi) is 6.07. The lowest BCUT2D eigenvalue weighted by Gasteiger charge is -2.27. The van der Waals surface area contributed by atoms with Gasteiger partial charge in [0.1, 0.15) is 13.4 Å². The summed E-state index contributed by atoms with van der Waals surface area (Å²) in [6.07, 6.45) is 0.466. The summed E-state index contributed by atoms with van der Waals surface area (Å²) in [6.45, 7) is 6.77. The maximum Gasteiger partial charge on any atom is 0.410 e. The number of rotatable bonds is 5. The SMILES string of the molecule is [B]c1ccc(CCN(Cc2ccccc2)C(=O)OC(C)(C)C)cc1. The third-order valence-electron chi connectivity index (χ3n) is 3.52. The summed E-state index contributed by atoms with van der Waals surface area (Å²) in [5.74, 6) is 0. The average Bonchev–Trinajstić information content (AvgIpc) is 2.52. The van der Waals surface area contributed by atoms with E-state index >= 15 is 0 Å². The molecule has 0 aromatic heterocycles. The molecule has 24 heavy (non-hydrogen) atoms. The van der Waals surface area contributed by atoms with Crippen LogP contribution >= 0.6 is 0 Å². The molecule has 0 saturated heterocycles. The topological polar surface area (TPSA) is 29.5 Å². The Labute approximate surface area is 146 Å². The highest BCUT2D eigenvalue weighted by Gasteiger charge is 2.22. The van der Waals surface area contributed by atoms with E-state index in [9.17, 15) is 4.79 Å². The summed E-state index contributed by atoms with van der Waals surface area (Å²) in [6, 6.07) is 17.7. The molecular formula is C20H24BNO2. The van der Waals surface area contributed by atoms with Crippen LogP contribution in [0.25, 0.3) is 0 Å². The van der Waals surface area contributed by atoms with Crippen LogP contribution in [-0.2, 0) is 17.7 Å². The van der Waals surface area contributed by atoms with Crippen LogP contribution in [-0.4, -0.2) is 31.0 Å². The number of hydrogen-bond acceptors (Lipinski definition) is 2. The quantitative estimate of drug-likeness (QED) is 0.789. The first-order chi connectivity index (χ1) is 11.3. The smallest absolute Gasteiger partial charge is 0.410 e. The predicted molar refractivity (Wildman–Crippen MR) is 98.6 cm³/mol. The highest BCUT2D eigenvalue weighted by molar-refractivity contribution is 6.32. The van der Waals surface area contributed by atoms with Gasteiger partial charge in [-0.3, -0.25) is 0 Å². The fourth-order valence-corrected chi connectivity index (χ4v) is 2.31. The number of benzene rings is 2. The van der Waals surface area contributed by atoms with E-state index in [0.717, 1.165) is 23.0 Å². The van der Waals surface area contributed by atoms with Crippen LogP contribution in [0.1, 0.15) is 31.9 Å². The van der Waals surface area contributed by atoms with Gasteiger partial charge in [-0.1, -0.05) is 60.1 Å². The molecule has 1 amide bonds. The Hall–Kier alpha value is -2.23. The summed E-state index contributed by atoms with van der Waals surface area (Å²) in [4.78, 5) is 14.3. The summed E-state index contributed by atoms with van der Waals surface area (Å²) in [5, 5.41) is 0. The van der Waals surface area contributed by atoms with Gasteiger partial charge in [0.05, 0.1) is 0 Å². The molecule has 0 heterocycles. The fraction of sp³-hybridized carbons (Fsp3) is 0.350. The van der Waals surface area contributed by atoms with E-state index in [2.05, 4.69) is 0 Å². The van der Waals surface area contributed by atoms with Gasteiger partial charge < -0.3 is 9.64 Å².